The van der Waals surface area contributed by atoms with Crippen LogP contribution in [0, 0.1) is 0 Å². The summed E-state index contributed by atoms with van der Waals surface area (Å²) in [7, 11) is 0. The van der Waals surface area contributed by atoms with Gasteiger partial charge < -0.3 is 5.32 Å². The smallest absolute Gasteiger partial charge is 0.251 e. The molecular formula is C17H24Cl2N2O. The number of amides is 1. The molecule has 3 nitrogen and oxygen atoms in total. The lowest BCUT2D eigenvalue weighted by Gasteiger charge is -2.39. The summed E-state index contributed by atoms with van der Waals surface area (Å²) < 4.78 is 0. The van der Waals surface area contributed by atoms with Crippen LogP contribution in [0.4, 0.5) is 0 Å². The maximum atomic E-state index is 12.5. The van der Waals surface area contributed by atoms with Crippen molar-refractivity contribution in [3.63, 3.8) is 0 Å². The first-order valence-corrected chi connectivity index (χ1v) is 8.82. The Labute approximate surface area is 143 Å². The van der Waals surface area contributed by atoms with E-state index in [2.05, 4.69) is 24.1 Å². The number of benzene rings is 1. The zero-order chi connectivity index (χ0) is 16.1. The lowest BCUT2D eigenvalue weighted by Crippen LogP contribution is -2.53. The molecule has 1 saturated carbocycles. The maximum absolute atomic E-state index is 12.5. The molecule has 0 spiro atoms. The van der Waals surface area contributed by atoms with Gasteiger partial charge in [0, 0.05) is 17.6 Å². The van der Waals surface area contributed by atoms with E-state index in [1.165, 1.54) is 12.8 Å². The number of carbonyl (C=O) groups is 1. The number of halogens is 2. The summed E-state index contributed by atoms with van der Waals surface area (Å²) in [6.45, 7) is 6.38. The molecule has 1 aliphatic rings. The molecule has 0 radical (unpaired) electrons. The first-order valence-electron chi connectivity index (χ1n) is 8.06. The van der Waals surface area contributed by atoms with Crippen molar-refractivity contribution < 1.29 is 4.79 Å². The van der Waals surface area contributed by atoms with Crippen molar-refractivity contribution in [1.29, 1.82) is 0 Å². The van der Waals surface area contributed by atoms with Crippen LogP contribution >= 0.6 is 23.2 Å². The van der Waals surface area contributed by atoms with E-state index in [1.54, 1.807) is 18.2 Å². The Balaban J connectivity index is 2.09. The molecule has 1 aliphatic carbocycles. The Morgan fingerprint density at radius 2 is 1.86 bits per heavy atom. The van der Waals surface area contributed by atoms with Crippen molar-refractivity contribution in [3.05, 3.63) is 33.8 Å². The van der Waals surface area contributed by atoms with E-state index in [4.69, 9.17) is 23.2 Å². The normalized spacial score (nSPS) is 21.9. The van der Waals surface area contributed by atoms with Gasteiger partial charge in [0.1, 0.15) is 0 Å². The molecule has 0 saturated heterocycles. The van der Waals surface area contributed by atoms with Crippen molar-refractivity contribution in [2.24, 2.45) is 0 Å². The van der Waals surface area contributed by atoms with Crippen molar-refractivity contribution in [1.82, 2.24) is 10.2 Å². The molecular weight excluding hydrogens is 319 g/mol. The van der Waals surface area contributed by atoms with Gasteiger partial charge in [-0.1, -0.05) is 49.9 Å². The van der Waals surface area contributed by atoms with Gasteiger partial charge in [-0.25, -0.2) is 0 Å². The van der Waals surface area contributed by atoms with Crippen molar-refractivity contribution in [3.8, 4) is 0 Å². The minimum Gasteiger partial charge on any atom is -0.348 e. The van der Waals surface area contributed by atoms with E-state index in [1.807, 2.05) is 0 Å². The third-order valence-electron chi connectivity index (χ3n) is 4.51. The average Bonchev–Trinajstić information content (AvgIpc) is 2.52. The fourth-order valence-electron chi connectivity index (χ4n) is 3.30. The van der Waals surface area contributed by atoms with Crippen LogP contribution in [0.2, 0.25) is 10.0 Å². The molecule has 1 amide bonds. The summed E-state index contributed by atoms with van der Waals surface area (Å²) in [5.74, 6) is -0.0670. The van der Waals surface area contributed by atoms with Gasteiger partial charge in [-0.3, -0.25) is 9.69 Å². The van der Waals surface area contributed by atoms with Crippen molar-refractivity contribution in [2.45, 2.75) is 51.6 Å². The van der Waals surface area contributed by atoms with E-state index in [0.29, 0.717) is 21.7 Å². The molecule has 1 fully saturated rings. The predicted octanol–water partition coefficient (Wildman–Crippen LogP) is 4.38. The van der Waals surface area contributed by atoms with Crippen LogP contribution in [-0.2, 0) is 0 Å². The Morgan fingerprint density at radius 3 is 2.50 bits per heavy atom. The molecule has 2 rings (SSSR count). The summed E-state index contributed by atoms with van der Waals surface area (Å²) in [5, 5.41) is 4.08. The maximum Gasteiger partial charge on any atom is 0.251 e. The fraction of sp³-hybridized carbons (Fsp3) is 0.588. The molecule has 1 aromatic carbocycles. The number of rotatable bonds is 5. The monoisotopic (exact) mass is 342 g/mol. The first-order chi connectivity index (χ1) is 10.6. The predicted molar refractivity (Wildman–Crippen MR) is 92.9 cm³/mol. The van der Waals surface area contributed by atoms with Gasteiger partial charge in [0.2, 0.25) is 0 Å². The summed E-state index contributed by atoms with van der Waals surface area (Å²) in [4.78, 5) is 14.9. The number of carbonyl (C=O) groups excluding carboxylic acids is 1. The second-order valence-corrected chi connectivity index (χ2v) is 6.60. The van der Waals surface area contributed by atoms with Gasteiger partial charge in [0.05, 0.1) is 10.0 Å². The molecule has 122 valence electrons. The van der Waals surface area contributed by atoms with Crippen LogP contribution < -0.4 is 5.32 Å². The van der Waals surface area contributed by atoms with Gasteiger partial charge in [-0.2, -0.15) is 0 Å². The SMILES string of the molecule is CCN(CC)C1CCCCC1NC(=O)c1ccc(Cl)c(Cl)c1. The van der Waals surface area contributed by atoms with Gasteiger partial charge in [0.25, 0.3) is 5.91 Å². The summed E-state index contributed by atoms with van der Waals surface area (Å²) in [6.07, 6.45) is 4.59. The average molecular weight is 343 g/mol. The molecule has 0 aliphatic heterocycles. The minimum absolute atomic E-state index is 0.0670. The third-order valence-corrected chi connectivity index (χ3v) is 5.25. The lowest BCUT2D eigenvalue weighted by atomic mass is 9.88. The molecule has 2 atom stereocenters. The van der Waals surface area contributed by atoms with E-state index >= 15 is 0 Å². The molecule has 1 N–H and O–H groups in total. The highest BCUT2D eigenvalue weighted by atomic mass is 35.5. The highest BCUT2D eigenvalue weighted by Crippen LogP contribution is 2.25. The zero-order valence-corrected chi connectivity index (χ0v) is 14.8. The lowest BCUT2D eigenvalue weighted by molar-refractivity contribution is 0.0846. The van der Waals surface area contributed by atoms with Crippen LogP contribution in [0.3, 0.4) is 0 Å². The van der Waals surface area contributed by atoms with Crippen molar-refractivity contribution in [2.75, 3.05) is 13.1 Å². The minimum atomic E-state index is -0.0670. The van der Waals surface area contributed by atoms with Gasteiger partial charge in [-0.15, -0.1) is 0 Å². The highest BCUT2D eigenvalue weighted by molar-refractivity contribution is 6.42. The molecule has 0 bridgehead atoms. The first kappa shape index (κ1) is 17.6. The van der Waals surface area contributed by atoms with Crippen LogP contribution in [0.25, 0.3) is 0 Å². The number of nitrogens with zero attached hydrogens (tertiary/aromatic N) is 1. The summed E-state index contributed by atoms with van der Waals surface area (Å²) in [6, 6.07) is 5.65. The Bertz CT molecular complexity index is 517. The third kappa shape index (κ3) is 4.15. The van der Waals surface area contributed by atoms with Crippen LogP contribution in [0.1, 0.15) is 49.9 Å². The molecule has 22 heavy (non-hydrogen) atoms. The highest BCUT2D eigenvalue weighted by Gasteiger charge is 2.30. The van der Waals surface area contributed by atoms with Crippen LogP contribution in [0.15, 0.2) is 18.2 Å². The largest absolute Gasteiger partial charge is 0.348 e. The fourth-order valence-corrected chi connectivity index (χ4v) is 3.60. The van der Waals surface area contributed by atoms with Gasteiger partial charge in [0.15, 0.2) is 0 Å². The second-order valence-electron chi connectivity index (χ2n) is 5.78. The zero-order valence-electron chi connectivity index (χ0n) is 13.2. The second kappa shape index (κ2) is 8.19. The standard InChI is InChI=1S/C17H24Cl2N2O/c1-3-21(4-2)16-8-6-5-7-15(16)20-17(22)12-9-10-13(18)14(19)11-12/h9-11,15-16H,3-8H2,1-2H3,(H,20,22). The van der Waals surface area contributed by atoms with E-state index in [9.17, 15) is 4.79 Å². The Morgan fingerprint density at radius 1 is 1.18 bits per heavy atom. The van der Waals surface area contributed by atoms with Crippen LogP contribution in [0.5, 0.6) is 0 Å². The Hall–Kier alpha value is -0.770. The number of hydrogen-bond donors (Lipinski definition) is 1. The molecule has 0 heterocycles. The van der Waals surface area contributed by atoms with E-state index in [0.717, 1.165) is 25.9 Å². The molecule has 2 unspecified atom stereocenters. The molecule has 1 aromatic rings. The summed E-state index contributed by atoms with van der Waals surface area (Å²) >= 11 is 11.9. The van der Waals surface area contributed by atoms with E-state index in [-0.39, 0.29) is 11.9 Å². The van der Waals surface area contributed by atoms with Crippen molar-refractivity contribution >= 4 is 29.1 Å². The van der Waals surface area contributed by atoms with Crippen LogP contribution in [-0.4, -0.2) is 36.0 Å². The molecule has 0 aromatic heterocycles. The quantitative estimate of drug-likeness (QED) is 0.861. The number of nitrogens with one attached hydrogen (secondary N) is 1. The topological polar surface area (TPSA) is 32.3 Å². The van der Waals surface area contributed by atoms with Gasteiger partial charge in [-0.05, 0) is 44.1 Å². The van der Waals surface area contributed by atoms with E-state index < -0.39 is 0 Å². The number of hydrogen-bond acceptors (Lipinski definition) is 2. The number of likely N-dealkylation sites (N-methyl/N-ethyl adjacent to an activating group) is 1. The Kier molecular flexibility index (Phi) is 6.54. The summed E-state index contributed by atoms with van der Waals surface area (Å²) in [5.41, 5.74) is 0.568. The van der Waals surface area contributed by atoms with Gasteiger partial charge >= 0.3 is 0 Å². The molecule has 5 heteroatoms.